The van der Waals surface area contributed by atoms with Gasteiger partial charge in [0.1, 0.15) is 5.82 Å². The Kier molecular flexibility index (Phi) is 6.29. The van der Waals surface area contributed by atoms with Gasteiger partial charge >= 0.3 is 0 Å². The molecule has 0 aliphatic carbocycles. The molecule has 0 saturated heterocycles. The Morgan fingerprint density at radius 1 is 0.964 bits per heavy atom. The van der Waals surface area contributed by atoms with Crippen LogP contribution in [0, 0.1) is 15.9 Å². The van der Waals surface area contributed by atoms with Crippen LogP contribution in [0.4, 0.5) is 15.8 Å². The highest BCUT2D eigenvalue weighted by Crippen LogP contribution is 2.18. The summed E-state index contributed by atoms with van der Waals surface area (Å²) >= 11 is 5.57. The summed E-state index contributed by atoms with van der Waals surface area (Å²) in [6.45, 7) is 0.805. The van der Waals surface area contributed by atoms with E-state index in [2.05, 4.69) is 5.32 Å². The van der Waals surface area contributed by atoms with Crippen molar-refractivity contribution in [1.29, 1.82) is 0 Å². The largest absolute Gasteiger partial charge is 0.340 e. The first-order chi connectivity index (χ1) is 13.5. The molecule has 0 bridgehead atoms. The molecule has 5 nitrogen and oxygen atoms in total. The van der Waals surface area contributed by atoms with Crippen LogP contribution in [-0.2, 0) is 13.1 Å². The number of nitro benzene ring substituents is 1. The minimum absolute atomic E-state index is 0.0289. The first-order valence-electron chi connectivity index (χ1n) is 8.60. The third-order valence-corrected chi connectivity index (χ3v) is 4.45. The lowest BCUT2D eigenvalue weighted by molar-refractivity contribution is -0.384. The Morgan fingerprint density at radius 3 is 2.32 bits per heavy atom. The number of nitro groups is 1. The van der Waals surface area contributed by atoms with Crippen molar-refractivity contribution in [2.24, 2.45) is 0 Å². The molecule has 142 valence electrons. The van der Waals surface area contributed by atoms with Gasteiger partial charge in [-0.05, 0) is 47.6 Å². The van der Waals surface area contributed by atoms with E-state index < -0.39 is 4.92 Å². The van der Waals surface area contributed by atoms with Crippen LogP contribution in [0.25, 0.3) is 0 Å². The van der Waals surface area contributed by atoms with Gasteiger partial charge in [-0.25, -0.2) is 4.39 Å². The molecule has 0 amide bonds. The van der Waals surface area contributed by atoms with Crippen molar-refractivity contribution in [1.82, 2.24) is 4.90 Å². The first-order valence-corrected chi connectivity index (χ1v) is 9.01. The summed E-state index contributed by atoms with van der Waals surface area (Å²) in [6.07, 6.45) is 0. The number of nitrogens with zero attached hydrogens (tertiary/aromatic N) is 2. The molecule has 3 aromatic carbocycles. The molecule has 0 saturated carbocycles. The molecule has 28 heavy (non-hydrogen) atoms. The Bertz CT molecular complexity index is 965. The zero-order valence-corrected chi connectivity index (χ0v) is 15.7. The number of non-ortho nitro benzene ring substituents is 1. The van der Waals surface area contributed by atoms with E-state index in [0.717, 1.165) is 16.8 Å². The van der Waals surface area contributed by atoms with E-state index in [0.29, 0.717) is 18.2 Å². The lowest BCUT2D eigenvalue weighted by Gasteiger charge is -2.26. The zero-order valence-electron chi connectivity index (χ0n) is 14.9. The predicted octanol–water partition coefficient (Wildman–Crippen LogP) is 5.13. The summed E-state index contributed by atoms with van der Waals surface area (Å²) in [5.74, 6) is -0.307. The van der Waals surface area contributed by atoms with Crippen molar-refractivity contribution in [3.63, 3.8) is 0 Å². The van der Waals surface area contributed by atoms with Gasteiger partial charge in [-0.3, -0.25) is 10.1 Å². The Morgan fingerprint density at radius 2 is 1.64 bits per heavy atom. The van der Waals surface area contributed by atoms with Crippen LogP contribution in [0.5, 0.6) is 0 Å². The molecule has 0 fully saturated rings. The van der Waals surface area contributed by atoms with E-state index in [9.17, 15) is 14.5 Å². The van der Waals surface area contributed by atoms with Crippen molar-refractivity contribution in [3.05, 3.63) is 106 Å². The lowest BCUT2D eigenvalue weighted by atomic mass is 10.1. The highest BCUT2D eigenvalue weighted by molar-refractivity contribution is 7.80. The average Bonchev–Trinajstić information content (AvgIpc) is 2.70. The van der Waals surface area contributed by atoms with Crippen LogP contribution in [0.3, 0.4) is 0 Å². The second kappa shape index (κ2) is 9.05. The van der Waals surface area contributed by atoms with E-state index in [4.69, 9.17) is 12.2 Å². The number of halogens is 1. The van der Waals surface area contributed by atoms with Crippen LogP contribution >= 0.6 is 12.2 Å². The molecule has 0 aliphatic heterocycles. The topological polar surface area (TPSA) is 58.4 Å². The van der Waals surface area contributed by atoms with Gasteiger partial charge < -0.3 is 10.2 Å². The number of hydrogen-bond donors (Lipinski definition) is 1. The molecular weight excluding hydrogens is 377 g/mol. The first kappa shape index (κ1) is 19.4. The zero-order chi connectivity index (χ0) is 19.9. The normalized spacial score (nSPS) is 10.3. The highest BCUT2D eigenvalue weighted by atomic mass is 32.1. The molecule has 0 heterocycles. The van der Waals surface area contributed by atoms with Crippen LogP contribution in [-0.4, -0.2) is 14.9 Å². The Hall–Kier alpha value is -3.32. The molecule has 3 rings (SSSR count). The maximum absolute atomic E-state index is 13.2. The Labute approximate surface area is 167 Å². The van der Waals surface area contributed by atoms with Crippen molar-refractivity contribution >= 4 is 28.7 Å². The van der Waals surface area contributed by atoms with E-state index in [1.807, 2.05) is 41.3 Å². The van der Waals surface area contributed by atoms with Gasteiger partial charge in [-0.15, -0.1) is 0 Å². The molecule has 3 aromatic rings. The minimum Gasteiger partial charge on any atom is -0.340 e. The lowest BCUT2D eigenvalue weighted by Crippen LogP contribution is -2.33. The van der Waals surface area contributed by atoms with Gasteiger partial charge in [-0.2, -0.15) is 0 Å². The highest BCUT2D eigenvalue weighted by Gasteiger charge is 2.14. The third kappa shape index (κ3) is 5.34. The number of nitrogens with one attached hydrogen (secondary N) is 1. The number of thiocarbonyl (C=S) groups is 1. The number of anilines is 1. The summed E-state index contributed by atoms with van der Waals surface area (Å²) in [5, 5.41) is 14.7. The van der Waals surface area contributed by atoms with Crippen molar-refractivity contribution < 1.29 is 9.31 Å². The number of hydrogen-bond acceptors (Lipinski definition) is 3. The van der Waals surface area contributed by atoms with Crippen molar-refractivity contribution in [3.8, 4) is 0 Å². The smallest absolute Gasteiger partial charge is 0.269 e. The van der Waals surface area contributed by atoms with Gasteiger partial charge in [0.15, 0.2) is 5.11 Å². The van der Waals surface area contributed by atoms with E-state index >= 15 is 0 Å². The molecule has 0 atom stereocenters. The maximum atomic E-state index is 13.2. The minimum atomic E-state index is -0.422. The van der Waals surface area contributed by atoms with E-state index in [-0.39, 0.29) is 11.5 Å². The van der Waals surface area contributed by atoms with Gasteiger partial charge in [0.05, 0.1) is 4.92 Å². The third-order valence-electron chi connectivity index (χ3n) is 4.09. The van der Waals surface area contributed by atoms with Gasteiger partial charge in [0, 0.05) is 30.9 Å². The van der Waals surface area contributed by atoms with Crippen LogP contribution in [0.2, 0.25) is 0 Å². The molecule has 7 heteroatoms. The monoisotopic (exact) mass is 395 g/mol. The van der Waals surface area contributed by atoms with Crippen molar-refractivity contribution in [2.75, 3.05) is 5.32 Å². The fourth-order valence-electron chi connectivity index (χ4n) is 2.72. The fraction of sp³-hybridized carbons (Fsp3) is 0.0952. The Balaban J connectivity index is 1.82. The van der Waals surface area contributed by atoms with Crippen LogP contribution in [0.1, 0.15) is 11.1 Å². The summed E-state index contributed by atoms with van der Waals surface area (Å²) in [4.78, 5) is 12.5. The van der Waals surface area contributed by atoms with Gasteiger partial charge in [-0.1, -0.05) is 42.5 Å². The number of rotatable bonds is 6. The summed E-state index contributed by atoms with van der Waals surface area (Å²) < 4.78 is 13.2. The summed E-state index contributed by atoms with van der Waals surface area (Å²) in [5.41, 5.74) is 2.51. The molecule has 0 spiro atoms. The number of benzene rings is 3. The van der Waals surface area contributed by atoms with E-state index in [1.165, 1.54) is 24.3 Å². The molecule has 0 aromatic heterocycles. The second-order valence-electron chi connectivity index (χ2n) is 6.21. The second-order valence-corrected chi connectivity index (χ2v) is 6.59. The summed E-state index contributed by atoms with van der Waals surface area (Å²) in [6, 6.07) is 22.1. The molecule has 1 N–H and O–H groups in total. The van der Waals surface area contributed by atoms with E-state index in [1.54, 1.807) is 18.2 Å². The van der Waals surface area contributed by atoms with Gasteiger partial charge in [0.2, 0.25) is 0 Å². The standard InChI is InChI=1S/C21H18FN3O2S/c22-18-11-9-16(10-12-18)14-24(21(28)23-19-6-2-1-3-7-19)15-17-5-4-8-20(13-17)25(26)27/h1-13H,14-15H2,(H,23,28). The van der Waals surface area contributed by atoms with Crippen molar-refractivity contribution in [2.45, 2.75) is 13.1 Å². The predicted molar refractivity (Wildman–Crippen MR) is 111 cm³/mol. The van der Waals surface area contributed by atoms with Gasteiger partial charge in [0.25, 0.3) is 5.69 Å². The molecule has 0 radical (unpaired) electrons. The molecule has 0 aliphatic rings. The van der Waals surface area contributed by atoms with Crippen LogP contribution < -0.4 is 5.32 Å². The fourth-order valence-corrected chi connectivity index (χ4v) is 2.97. The average molecular weight is 395 g/mol. The maximum Gasteiger partial charge on any atom is 0.269 e. The van der Waals surface area contributed by atoms with Crippen LogP contribution in [0.15, 0.2) is 78.9 Å². The summed E-state index contributed by atoms with van der Waals surface area (Å²) in [7, 11) is 0. The SMILES string of the molecule is O=[N+]([O-])c1cccc(CN(Cc2ccc(F)cc2)C(=S)Nc2ccccc2)c1. The quantitative estimate of drug-likeness (QED) is 0.356. The number of para-hydroxylation sites is 1. The molecule has 0 unspecified atom stereocenters. The molecular formula is C21H18FN3O2S.